The van der Waals surface area contributed by atoms with Crippen LogP contribution in [-0.4, -0.2) is 26.7 Å². The number of fused-ring (bicyclic) bond motifs is 1. The van der Waals surface area contributed by atoms with Crippen molar-refractivity contribution in [3.05, 3.63) is 23.3 Å². The summed E-state index contributed by atoms with van der Waals surface area (Å²) in [5, 5.41) is 0. The van der Waals surface area contributed by atoms with Gasteiger partial charge in [0.2, 0.25) is 0 Å². The topological polar surface area (TPSA) is 35.5 Å². The molecule has 0 radical (unpaired) electrons. The molecule has 0 saturated heterocycles. The van der Waals surface area contributed by atoms with Gasteiger partial charge >= 0.3 is 64.3 Å². The molecule has 3 nitrogen and oxygen atoms in total. The molecule has 0 aliphatic carbocycles. The van der Waals surface area contributed by atoms with Crippen molar-refractivity contribution in [1.29, 1.82) is 0 Å². The molecule has 0 fully saturated rings. The van der Waals surface area contributed by atoms with Crippen molar-refractivity contribution in [3.8, 4) is 5.75 Å². The molecular formula is C10H9BF3KO3. The largest absolute Gasteiger partial charge is 1.00 e. The predicted molar refractivity (Wildman–Crippen MR) is 55.7 cm³/mol. The number of rotatable bonds is 2. The number of ether oxygens (including phenoxy) is 2. The maximum Gasteiger partial charge on any atom is 1.00 e. The van der Waals surface area contributed by atoms with Crippen LogP contribution in [0.1, 0.15) is 15.9 Å². The van der Waals surface area contributed by atoms with Crippen LogP contribution in [0.15, 0.2) is 12.1 Å². The van der Waals surface area contributed by atoms with Gasteiger partial charge in [0.1, 0.15) is 0 Å². The Morgan fingerprint density at radius 1 is 1.39 bits per heavy atom. The van der Waals surface area contributed by atoms with Crippen molar-refractivity contribution in [1.82, 2.24) is 0 Å². The molecule has 8 heteroatoms. The first-order valence-corrected chi connectivity index (χ1v) is 5.01. The fraction of sp³-hybridized carbons (Fsp3) is 0.300. The van der Waals surface area contributed by atoms with Gasteiger partial charge in [0.05, 0.1) is 25.0 Å². The fourth-order valence-corrected chi connectivity index (χ4v) is 1.82. The normalized spacial score (nSPS) is 13.3. The van der Waals surface area contributed by atoms with E-state index in [-0.39, 0.29) is 69.3 Å². The van der Waals surface area contributed by atoms with Gasteiger partial charge in [0.15, 0.2) is 0 Å². The second-order valence-corrected chi connectivity index (χ2v) is 3.72. The zero-order valence-electron chi connectivity index (χ0n) is 10.0. The van der Waals surface area contributed by atoms with Gasteiger partial charge in [-0.05, 0) is 11.6 Å². The molecule has 1 aliphatic rings. The van der Waals surface area contributed by atoms with Gasteiger partial charge < -0.3 is 22.4 Å². The van der Waals surface area contributed by atoms with Crippen molar-refractivity contribution >= 4 is 18.4 Å². The minimum Gasteiger partial charge on any atom is -0.496 e. The Bertz CT molecular complexity index is 476. The molecule has 0 spiro atoms. The Kier molecular flexibility index (Phi) is 5.31. The van der Waals surface area contributed by atoms with Crippen molar-refractivity contribution in [2.75, 3.05) is 13.7 Å². The van der Waals surface area contributed by atoms with Crippen LogP contribution in [0.3, 0.4) is 0 Å². The van der Waals surface area contributed by atoms with Crippen LogP contribution in [0.25, 0.3) is 0 Å². The number of carbonyl (C=O) groups is 1. The number of benzene rings is 1. The molecule has 1 aromatic rings. The summed E-state index contributed by atoms with van der Waals surface area (Å²) in [7, 11) is 1.13. The molecule has 0 aromatic heterocycles. The van der Waals surface area contributed by atoms with E-state index in [2.05, 4.69) is 4.74 Å². The van der Waals surface area contributed by atoms with Crippen LogP contribution in [0.2, 0.25) is 0 Å². The van der Waals surface area contributed by atoms with E-state index in [1.54, 1.807) is 0 Å². The van der Waals surface area contributed by atoms with Crippen LogP contribution >= 0.6 is 0 Å². The van der Waals surface area contributed by atoms with Crippen LogP contribution < -0.4 is 61.6 Å². The molecule has 92 valence electrons. The third kappa shape index (κ3) is 3.11. The minimum atomic E-state index is -5.20. The summed E-state index contributed by atoms with van der Waals surface area (Å²) in [5.74, 6) is -0.925. The van der Waals surface area contributed by atoms with Crippen LogP contribution in [-0.2, 0) is 11.2 Å². The first-order valence-electron chi connectivity index (χ1n) is 5.01. The van der Waals surface area contributed by atoms with Gasteiger partial charge in [-0.2, -0.15) is 0 Å². The molecule has 18 heavy (non-hydrogen) atoms. The minimum absolute atomic E-state index is 0. The molecule has 0 N–H and O–H groups in total. The Hall–Kier alpha value is -0.0187. The van der Waals surface area contributed by atoms with Crippen molar-refractivity contribution in [2.45, 2.75) is 6.42 Å². The van der Waals surface area contributed by atoms with E-state index >= 15 is 0 Å². The molecule has 0 atom stereocenters. The summed E-state index contributed by atoms with van der Waals surface area (Å²) in [6.45, 7) is -5.00. The van der Waals surface area contributed by atoms with Crippen LogP contribution in [0.5, 0.6) is 5.75 Å². The summed E-state index contributed by atoms with van der Waals surface area (Å²) in [6, 6.07) is 2.18. The summed E-state index contributed by atoms with van der Waals surface area (Å²) >= 11 is 0. The summed E-state index contributed by atoms with van der Waals surface area (Å²) in [6.07, 6.45) is 0.374. The van der Waals surface area contributed by atoms with E-state index in [0.717, 1.165) is 13.2 Å². The van der Waals surface area contributed by atoms with E-state index in [0.29, 0.717) is 12.0 Å². The van der Waals surface area contributed by atoms with Crippen molar-refractivity contribution < 1.29 is 78.6 Å². The zero-order chi connectivity index (χ0) is 12.6. The zero-order valence-corrected chi connectivity index (χ0v) is 13.1. The number of esters is 1. The van der Waals surface area contributed by atoms with E-state index in [1.807, 2.05) is 0 Å². The number of methoxy groups -OCH3 is 1. The SMILES string of the molecule is COC(=O)c1cc2c(c([B-](F)(F)F)c1)OCC2.[K+]. The average molecular weight is 284 g/mol. The maximum atomic E-state index is 12.8. The molecule has 0 amide bonds. The molecule has 1 aromatic carbocycles. The molecule has 1 aliphatic heterocycles. The number of halogens is 3. The van der Waals surface area contributed by atoms with E-state index in [4.69, 9.17) is 4.74 Å². The van der Waals surface area contributed by atoms with Gasteiger partial charge in [-0.25, -0.2) is 4.79 Å². The van der Waals surface area contributed by atoms with Gasteiger partial charge in [-0.1, -0.05) is 11.5 Å². The summed E-state index contributed by atoms with van der Waals surface area (Å²) < 4.78 is 47.9. The average Bonchev–Trinajstić information content (AvgIpc) is 2.72. The molecule has 1 heterocycles. The van der Waals surface area contributed by atoms with E-state index < -0.39 is 18.4 Å². The smallest absolute Gasteiger partial charge is 0.496 e. The maximum absolute atomic E-state index is 12.8. The Balaban J connectivity index is 0.00000162. The first kappa shape index (κ1) is 16.0. The Morgan fingerprint density at radius 3 is 2.61 bits per heavy atom. The van der Waals surface area contributed by atoms with Gasteiger partial charge in [0, 0.05) is 6.42 Å². The second kappa shape index (κ2) is 5.96. The monoisotopic (exact) mass is 284 g/mol. The van der Waals surface area contributed by atoms with Crippen LogP contribution in [0, 0.1) is 0 Å². The van der Waals surface area contributed by atoms with Crippen LogP contribution in [0.4, 0.5) is 12.9 Å². The summed E-state index contributed by atoms with van der Waals surface area (Å²) in [4.78, 5) is 11.3. The standard InChI is InChI=1S/C10H9BF3O3.K/c1-16-10(15)7-4-6-2-3-17-9(6)8(5-7)11(12,13)14;/h4-5H,2-3H2,1H3;/q-1;+1. The number of hydrogen-bond acceptors (Lipinski definition) is 3. The molecule has 0 unspecified atom stereocenters. The third-order valence-electron chi connectivity index (χ3n) is 2.59. The predicted octanol–water partition coefficient (Wildman–Crippen LogP) is -1.53. The number of carbonyl (C=O) groups excluding carboxylic acids is 1. The molecule has 0 bridgehead atoms. The summed E-state index contributed by atoms with van der Waals surface area (Å²) in [5.41, 5.74) is -0.548. The molecule has 0 saturated carbocycles. The van der Waals surface area contributed by atoms with Crippen molar-refractivity contribution in [3.63, 3.8) is 0 Å². The third-order valence-corrected chi connectivity index (χ3v) is 2.59. The Morgan fingerprint density at radius 2 is 2.06 bits per heavy atom. The van der Waals surface area contributed by atoms with Gasteiger partial charge in [-0.15, -0.1) is 0 Å². The van der Waals surface area contributed by atoms with Crippen molar-refractivity contribution in [2.24, 2.45) is 0 Å². The van der Waals surface area contributed by atoms with E-state index in [1.165, 1.54) is 6.07 Å². The molecular weight excluding hydrogens is 275 g/mol. The second-order valence-electron chi connectivity index (χ2n) is 3.72. The van der Waals surface area contributed by atoms with E-state index in [9.17, 15) is 17.7 Å². The van der Waals surface area contributed by atoms with Gasteiger partial charge in [-0.3, -0.25) is 0 Å². The quantitative estimate of drug-likeness (QED) is 0.488. The Labute approximate surface area is 144 Å². The molecule has 2 rings (SSSR count). The first-order chi connectivity index (χ1) is 7.93. The van der Waals surface area contributed by atoms with Gasteiger partial charge in [0.25, 0.3) is 0 Å². The number of hydrogen-bond donors (Lipinski definition) is 0. The fourth-order valence-electron chi connectivity index (χ4n) is 1.82.